The molecule has 35 heavy (non-hydrogen) atoms. The van der Waals surface area contributed by atoms with Gasteiger partial charge in [0.1, 0.15) is 5.41 Å². The van der Waals surface area contributed by atoms with Crippen LogP contribution in [0.2, 0.25) is 0 Å². The molecule has 0 spiro atoms. The molecule has 0 radical (unpaired) electrons. The van der Waals surface area contributed by atoms with Gasteiger partial charge < -0.3 is 14.9 Å². The van der Waals surface area contributed by atoms with E-state index in [1.165, 1.54) is 11.6 Å². The molecule has 0 aliphatic heterocycles. The molecule has 5 heteroatoms. The van der Waals surface area contributed by atoms with Gasteiger partial charge in [-0.2, -0.15) is 0 Å². The number of carbonyl (C=O) groups excluding carboxylic acids is 2. The van der Waals surface area contributed by atoms with E-state index >= 15 is 0 Å². The number of aliphatic hydroxyl groups excluding tert-OH is 2. The molecule has 0 unspecified atom stereocenters. The molecular formula is C30H44O5. The molecule has 0 heterocycles. The number of fused-ring (bicyclic) bond motifs is 1. The Kier molecular flexibility index (Phi) is 8.98. The summed E-state index contributed by atoms with van der Waals surface area (Å²) in [6.45, 7) is 12.2. The summed E-state index contributed by atoms with van der Waals surface area (Å²) in [4.78, 5) is 25.1. The van der Waals surface area contributed by atoms with Crippen molar-refractivity contribution >= 4 is 11.8 Å². The minimum Gasteiger partial charge on any atom is -0.465 e. The number of ether oxygens (including phenoxy) is 1. The summed E-state index contributed by atoms with van der Waals surface area (Å²) in [6, 6.07) is 0. The molecule has 0 bridgehead atoms. The Bertz CT molecular complexity index is 896. The molecule has 3 saturated carbocycles. The summed E-state index contributed by atoms with van der Waals surface area (Å²) >= 11 is 0. The smallest absolute Gasteiger partial charge is 0.319 e. The summed E-state index contributed by atoms with van der Waals surface area (Å²) in [6.07, 6.45) is 14.7. The molecule has 3 aliphatic carbocycles. The van der Waals surface area contributed by atoms with Crippen LogP contribution in [0.3, 0.4) is 0 Å². The Morgan fingerprint density at radius 1 is 1.14 bits per heavy atom. The van der Waals surface area contributed by atoms with E-state index in [-0.39, 0.29) is 11.2 Å². The van der Waals surface area contributed by atoms with Gasteiger partial charge in [0.15, 0.2) is 5.78 Å². The molecular weight excluding hydrogens is 440 g/mol. The first kappa shape index (κ1) is 27.6. The zero-order chi connectivity index (χ0) is 25.8. The van der Waals surface area contributed by atoms with E-state index in [0.717, 1.165) is 49.7 Å². The fourth-order valence-corrected chi connectivity index (χ4v) is 6.36. The van der Waals surface area contributed by atoms with Crippen LogP contribution in [-0.2, 0) is 14.3 Å². The van der Waals surface area contributed by atoms with E-state index in [9.17, 15) is 19.8 Å². The van der Waals surface area contributed by atoms with Gasteiger partial charge in [0.25, 0.3) is 0 Å². The Morgan fingerprint density at radius 3 is 2.49 bits per heavy atom. The number of aliphatic hydroxyl groups is 2. The minimum atomic E-state index is -1.21. The standard InChI is InChI=1S/C30H44O5/c1-6-16-35-28(34)29(3,4)27(33)14-9-20(2)25-12-13-26-22(8-7-15-30(25,26)5)11-10-21-17-23(31)19-24(32)18-21/h9-11,14,23-26,31-32H,2,6-8,12-13,15-19H2,1,3-5H3/t23-,24-,25-,26+,30-/m1/s1. The monoisotopic (exact) mass is 484 g/mol. The van der Waals surface area contributed by atoms with E-state index < -0.39 is 23.6 Å². The van der Waals surface area contributed by atoms with E-state index in [1.807, 2.05) is 13.0 Å². The van der Waals surface area contributed by atoms with Crippen molar-refractivity contribution in [3.05, 3.63) is 47.6 Å². The fourth-order valence-electron chi connectivity index (χ4n) is 6.36. The van der Waals surface area contributed by atoms with Gasteiger partial charge in [-0.15, -0.1) is 0 Å². The summed E-state index contributed by atoms with van der Waals surface area (Å²) in [5, 5.41) is 20.0. The molecule has 5 nitrogen and oxygen atoms in total. The Labute approximate surface area is 211 Å². The summed E-state index contributed by atoms with van der Waals surface area (Å²) in [7, 11) is 0. The first-order valence-electron chi connectivity index (χ1n) is 13.3. The highest BCUT2D eigenvalue weighted by atomic mass is 16.5. The molecule has 0 aromatic heterocycles. The quantitative estimate of drug-likeness (QED) is 0.202. The Morgan fingerprint density at radius 2 is 1.83 bits per heavy atom. The molecule has 0 aromatic carbocycles. The minimum absolute atomic E-state index is 0.0915. The zero-order valence-corrected chi connectivity index (χ0v) is 22.0. The van der Waals surface area contributed by atoms with Crippen LogP contribution in [0.25, 0.3) is 0 Å². The molecule has 194 valence electrons. The SMILES string of the molecule is C=C(C=CC(=O)C(C)(C)C(=O)OCCC)[C@H]1CC[C@H]2C(=CC=C3C[C@@H](O)C[C@H](O)C3)CCC[C@]12C. The normalized spacial score (nSPS) is 32.5. The van der Waals surface area contributed by atoms with Gasteiger partial charge in [0.05, 0.1) is 18.8 Å². The van der Waals surface area contributed by atoms with Crippen LogP contribution >= 0.6 is 0 Å². The molecule has 0 amide bonds. The van der Waals surface area contributed by atoms with Gasteiger partial charge in [-0.1, -0.05) is 55.4 Å². The largest absolute Gasteiger partial charge is 0.465 e. The third-order valence-corrected chi connectivity index (χ3v) is 8.50. The number of hydrogen-bond acceptors (Lipinski definition) is 5. The lowest BCUT2D eigenvalue weighted by atomic mass is 9.62. The fraction of sp³-hybridized carbons (Fsp3) is 0.667. The molecule has 3 fully saturated rings. The predicted molar refractivity (Wildman–Crippen MR) is 139 cm³/mol. The van der Waals surface area contributed by atoms with Crippen molar-refractivity contribution in [3.63, 3.8) is 0 Å². The zero-order valence-electron chi connectivity index (χ0n) is 22.0. The van der Waals surface area contributed by atoms with Gasteiger partial charge in [-0.3, -0.25) is 9.59 Å². The molecule has 5 atom stereocenters. The Hall–Kier alpha value is -1.98. The van der Waals surface area contributed by atoms with Crippen LogP contribution in [0, 0.1) is 22.7 Å². The van der Waals surface area contributed by atoms with Crippen LogP contribution in [0.4, 0.5) is 0 Å². The van der Waals surface area contributed by atoms with Crippen molar-refractivity contribution in [1.82, 2.24) is 0 Å². The van der Waals surface area contributed by atoms with Gasteiger partial charge >= 0.3 is 5.97 Å². The topological polar surface area (TPSA) is 83.8 Å². The highest BCUT2D eigenvalue weighted by Gasteiger charge is 2.49. The van der Waals surface area contributed by atoms with E-state index in [0.29, 0.717) is 37.7 Å². The van der Waals surface area contributed by atoms with Crippen molar-refractivity contribution in [2.24, 2.45) is 22.7 Å². The summed E-state index contributed by atoms with van der Waals surface area (Å²) < 4.78 is 5.21. The van der Waals surface area contributed by atoms with Crippen molar-refractivity contribution in [2.45, 2.75) is 97.7 Å². The van der Waals surface area contributed by atoms with Crippen LogP contribution in [0.1, 0.15) is 85.5 Å². The van der Waals surface area contributed by atoms with Crippen molar-refractivity contribution in [3.8, 4) is 0 Å². The number of ketones is 1. The highest BCUT2D eigenvalue weighted by molar-refractivity contribution is 6.08. The molecule has 2 N–H and O–H groups in total. The maximum Gasteiger partial charge on any atom is 0.319 e. The maximum absolute atomic E-state index is 12.8. The second-order valence-corrected chi connectivity index (χ2v) is 11.6. The second kappa shape index (κ2) is 11.4. The van der Waals surface area contributed by atoms with Crippen LogP contribution in [0.5, 0.6) is 0 Å². The average molecular weight is 485 g/mol. The van der Waals surface area contributed by atoms with E-state index in [4.69, 9.17) is 4.74 Å². The van der Waals surface area contributed by atoms with Gasteiger partial charge in [0.2, 0.25) is 0 Å². The van der Waals surface area contributed by atoms with Crippen molar-refractivity contribution in [2.75, 3.05) is 6.61 Å². The van der Waals surface area contributed by atoms with Crippen LogP contribution in [0.15, 0.2) is 47.6 Å². The lowest BCUT2D eigenvalue weighted by Crippen LogP contribution is -2.35. The Balaban J connectivity index is 1.70. The number of allylic oxidation sites excluding steroid dienone is 6. The molecule has 3 rings (SSSR count). The van der Waals surface area contributed by atoms with Crippen molar-refractivity contribution in [1.29, 1.82) is 0 Å². The maximum atomic E-state index is 12.8. The molecule has 3 aliphatic rings. The molecule has 0 saturated heterocycles. The molecule has 0 aromatic rings. The first-order chi connectivity index (χ1) is 16.5. The van der Waals surface area contributed by atoms with Crippen molar-refractivity contribution < 1.29 is 24.5 Å². The number of esters is 1. The van der Waals surface area contributed by atoms with Gasteiger partial charge in [0, 0.05) is 0 Å². The third kappa shape index (κ3) is 6.24. The highest BCUT2D eigenvalue weighted by Crippen LogP contribution is 2.59. The number of carbonyl (C=O) groups is 2. The number of hydrogen-bond donors (Lipinski definition) is 2. The number of rotatable bonds is 8. The third-order valence-electron chi connectivity index (χ3n) is 8.50. The lowest BCUT2D eigenvalue weighted by molar-refractivity contribution is -0.157. The van der Waals surface area contributed by atoms with Crippen LogP contribution < -0.4 is 0 Å². The van der Waals surface area contributed by atoms with E-state index in [1.54, 1.807) is 13.8 Å². The predicted octanol–water partition coefficient (Wildman–Crippen LogP) is 5.62. The van der Waals surface area contributed by atoms with E-state index in [2.05, 4.69) is 25.7 Å². The van der Waals surface area contributed by atoms with Crippen LogP contribution in [-0.4, -0.2) is 40.8 Å². The first-order valence-corrected chi connectivity index (χ1v) is 13.3. The van der Waals surface area contributed by atoms with Gasteiger partial charge in [-0.05, 0) is 95.0 Å². The average Bonchev–Trinajstić information content (AvgIpc) is 3.16. The van der Waals surface area contributed by atoms with Gasteiger partial charge in [-0.25, -0.2) is 0 Å². The summed E-state index contributed by atoms with van der Waals surface area (Å²) in [5.74, 6) is 0.0214. The summed E-state index contributed by atoms with van der Waals surface area (Å²) in [5.41, 5.74) is 2.42. The lowest BCUT2D eigenvalue weighted by Gasteiger charge is -2.42. The second-order valence-electron chi connectivity index (χ2n) is 11.6.